The molecule has 1 saturated carbocycles. The number of hydrogen-bond acceptors (Lipinski definition) is 2. The van der Waals surface area contributed by atoms with Crippen LogP contribution in [0.3, 0.4) is 0 Å². The van der Waals surface area contributed by atoms with Gasteiger partial charge in [0, 0.05) is 18.7 Å². The van der Waals surface area contributed by atoms with Gasteiger partial charge in [-0.15, -0.1) is 0 Å². The van der Waals surface area contributed by atoms with Crippen LogP contribution < -0.4 is 0 Å². The maximum absolute atomic E-state index is 8.15. The molecule has 1 aliphatic carbocycles. The Morgan fingerprint density at radius 1 is 1.22 bits per heavy atom. The van der Waals surface area contributed by atoms with Crippen molar-refractivity contribution in [3.8, 4) is 0 Å². The molecule has 1 heterocycles. The Hall–Kier alpha value is -1.35. The highest BCUT2D eigenvalue weighted by molar-refractivity contribution is 6.00. The molecule has 18 heavy (non-hydrogen) atoms. The van der Waals surface area contributed by atoms with Crippen molar-refractivity contribution in [1.29, 1.82) is 5.41 Å². The van der Waals surface area contributed by atoms with Crippen LogP contribution in [0.1, 0.15) is 36.8 Å². The van der Waals surface area contributed by atoms with Gasteiger partial charge in [-0.05, 0) is 18.4 Å². The topological polar surface area (TPSA) is 36.3 Å². The predicted octanol–water partition coefficient (Wildman–Crippen LogP) is 2.79. The number of amidine groups is 1. The third kappa shape index (κ3) is 2.27. The summed E-state index contributed by atoms with van der Waals surface area (Å²) in [6, 6.07) is 8.20. The Morgan fingerprint density at radius 3 is 2.78 bits per heavy atom. The Bertz CT molecular complexity index is 438. The van der Waals surface area contributed by atoms with E-state index in [0.29, 0.717) is 11.9 Å². The van der Waals surface area contributed by atoms with E-state index in [0.717, 1.165) is 25.3 Å². The van der Waals surface area contributed by atoms with Crippen molar-refractivity contribution in [3.63, 3.8) is 0 Å². The van der Waals surface area contributed by atoms with Gasteiger partial charge in [-0.3, -0.25) is 5.41 Å². The van der Waals surface area contributed by atoms with E-state index in [9.17, 15) is 0 Å². The van der Waals surface area contributed by atoms with Gasteiger partial charge >= 0.3 is 0 Å². The second-order valence-corrected chi connectivity index (χ2v) is 5.20. The van der Waals surface area contributed by atoms with Crippen LogP contribution in [-0.2, 0) is 11.3 Å². The fourth-order valence-corrected chi connectivity index (χ4v) is 2.92. The highest BCUT2D eigenvalue weighted by atomic mass is 16.5. The normalized spacial score (nSPS) is 19.6. The van der Waals surface area contributed by atoms with Crippen LogP contribution in [0, 0.1) is 5.41 Å². The van der Waals surface area contributed by atoms with E-state index in [2.05, 4.69) is 11.0 Å². The molecule has 1 N–H and O–H groups in total. The van der Waals surface area contributed by atoms with Crippen molar-refractivity contribution in [2.75, 3.05) is 13.2 Å². The summed E-state index contributed by atoms with van der Waals surface area (Å²) >= 11 is 0. The zero-order valence-electron chi connectivity index (χ0n) is 10.7. The highest BCUT2D eigenvalue weighted by Gasteiger charge is 2.23. The molecule has 96 valence electrons. The lowest BCUT2D eigenvalue weighted by Gasteiger charge is -2.19. The molecule has 1 aliphatic heterocycles. The zero-order chi connectivity index (χ0) is 12.4. The molecule has 0 bridgehead atoms. The van der Waals surface area contributed by atoms with Crippen LogP contribution in [-0.4, -0.2) is 30.0 Å². The third-order valence-electron chi connectivity index (χ3n) is 3.97. The average molecular weight is 244 g/mol. The second-order valence-electron chi connectivity index (χ2n) is 5.20. The number of nitrogens with zero attached hydrogens (tertiary/aromatic N) is 1. The number of fused-ring (bicyclic) bond motifs is 1. The summed E-state index contributed by atoms with van der Waals surface area (Å²) in [5.41, 5.74) is 2.35. The molecule has 1 aromatic carbocycles. The number of nitrogens with one attached hydrogen (secondary N) is 1. The van der Waals surface area contributed by atoms with E-state index in [1.165, 1.54) is 31.2 Å². The summed E-state index contributed by atoms with van der Waals surface area (Å²) in [6.07, 6.45) is 5.55. The number of hydrogen-bond donors (Lipinski definition) is 1. The monoisotopic (exact) mass is 244 g/mol. The second kappa shape index (κ2) is 5.11. The van der Waals surface area contributed by atoms with E-state index < -0.39 is 0 Å². The summed E-state index contributed by atoms with van der Waals surface area (Å²) in [5.74, 6) is 0.653. The summed E-state index contributed by atoms with van der Waals surface area (Å²) in [5, 5.41) is 8.15. The Labute approximate surface area is 108 Å². The van der Waals surface area contributed by atoms with Gasteiger partial charge in [0.15, 0.2) is 0 Å². The first-order valence-electron chi connectivity index (χ1n) is 6.88. The maximum atomic E-state index is 8.15. The molecule has 0 atom stereocenters. The fourth-order valence-electron chi connectivity index (χ4n) is 2.92. The van der Waals surface area contributed by atoms with Crippen molar-refractivity contribution in [2.24, 2.45) is 0 Å². The van der Waals surface area contributed by atoms with Crippen LogP contribution in [0.4, 0.5) is 0 Å². The van der Waals surface area contributed by atoms with Crippen LogP contribution in [0.2, 0.25) is 0 Å². The van der Waals surface area contributed by atoms with Crippen LogP contribution >= 0.6 is 0 Å². The lowest BCUT2D eigenvalue weighted by Crippen LogP contribution is -2.29. The first-order valence-corrected chi connectivity index (χ1v) is 6.88. The molecule has 3 nitrogen and oxygen atoms in total. The maximum Gasteiger partial charge on any atom is 0.128 e. The van der Waals surface area contributed by atoms with E-state index in [4.69, 9.17) is 10.1 Å². The molecule has 2 aliphatic rings. The first-order chi connectivity index (χ1) is 8.84. The van der Waals surface area contributed by atoms with E-state index in [1.807, 2.05) is 18.2 Å². The lowest BCUT2D eigenvalue weighted by atomic mass is 10.1. The summed E-state index contributed by atoms with van der Waals surface area (Å²) in [4.78, 5) is 2.11. The van der Waals surface area contributed by atoms with Crippen LogP contribution in [0.15, 0.2) is 24.3 Å². The van der Waals surface area contributed by atoms with Gasteiger partial charge in [0.25, 0.3) is 0 Å². The summed E-state index contributed by atoms with van der Waals surface area (Å²) < 4.78 is 5.87. The fraction of sp³-hybridized carbons (Fsp3) is 0.533. The summed E-state index contributed by atoms with van der Waals surface area (Å²) in [6.45, 7) is 2.45. The molecule has 0 saturated heterocycles. The Balaban J connectivity index is 1.51. The van der Waals surface area contributed by atoms with Crippen LogP contribution in [0.25, 0.3) is 0 Å². The van der Waals surface area contributed by atoms with E-state index >= 15 is 0 Å². The largest absolute Gasteiger partial charge is 0.376 e. The van der Waals surface area contributed by atoms with Gasteiger partial charge in [0.05, 0.1) is 12.7 Å². The smallest absolute Gasteiger partial charge is 0.128 e. The summed E-state index contributed by atoms with van der Waals surface area (Å²) in [7, 11) is 0. The van der Waals surface area contributed by atoms with E-state index in [1.54, 1.807) is 0 Å². The minimum atomic E-state index is 0.476. The SMILES string of the molecule is N=C1c2ccccc2CN1CCOC1CCCC1. The molecule has 0 amide bonds. The van der Waals surface area contributed by atoms with Gasteiger partial charge in [-0.1, -0.05) is 37.1 Å². The van der Waals surface area contributed by atoms with Crippen molar-refractivity contribution in [3.05, 3.63) is 35.4 Å². The van der Waals surface area contributed by atoms with Gasteiger partial charge in [0.1, 0.15) is 5.84 Å². The zero-order valence-corrected chi connectivity index (χ0v) is 10.7. The van der Waals surface area contributed by atoms with Crippen molar-refractivity contribution >= 4 is 5.84 Å². The van der Waals surface area contributed by atoms with Gasteiger partial charge in [-0.2, -0.15) is 0 Å². The van der Waals surface area contributed by atoms with Crippen LogP contribution in [0.5, 0.6) is 0 Å². The first kappa shape index (κ1) is 11.7. The Kier molecular flexibility index (Phi) is 3.33. The van der Waals surface area contributed by atoms with Crippen molar-refractivity contribution < 1.29 is 4.74 Å². The molecular formula is C15H20N2O. The molecular weight excluding hydrogens is 224 g/mol. The Morgan fingerprint density at radius 2 is 2.00 bits per heavy atom. The lowest BCUT2D eigenvalue weighted by molar-refractivity contribution is 0.0507. The van der Waals surface area contributed by atoms with E-state index in [-0.39, 0.29) is 0 Å². The molecule has 1 fully saturated rings. The molecule has 0 spiro atoms. The highest BCUT2D eigenvalue weighted by Crippen LogP contribution is 2.23. The molecule has 3 heteroatoms. The number of benzene rings is 1. The van der Waals surface area contributed by atoms with Gasteiger partial charge in [0.2, 0.25) is 0 Å². The van der Waals surface area contributed by atoms with Crippen molar-refractivity contribution in [1.82, 2.24) is 4.90 Å². The predicted molar refractivity (Wildman–Crippen MR) is 71.9 cm³/mol. The van der Waals surface area contributed by atoms with Crippen molar-refractivity contribution in [2.45, 2.75) is 38.3 Å². The number of ether oxygens (including phenoxy) is 1. The standard InChI is InChI=1S/C15H20N2O/c16-15-14-8-4-1-5-12(14)11-17(15)9-10-18-13-6-2-3-7-13/h1,4-5,8,13,16H,2-3,6-7,9-11H2. The minimum absolute atomic E-state index is 0.476. The third-order valence-corrected chi connectivity index (χ3v) is 3.97. The quantitative estimate of drug-likeness (QED) is 0.884. The van der Waals surface area contributed by atoms with Gasteiger partial charge < -0.3 is 9.64 Å². The number of rotatable bonds is 4. The molecule has 0 aromatic heterocycles. The van der Waals surface area contributed by atoms with Gasteiger partial charge in [-0.25, -0.2) is 0 Å². The minimum Gasteiger partial charge on any atom is -0.376 e. The molecule has 3 rings (SSSR count). The molecule has 0 radical (unpaired) electrons. The molecule has 1 aromatic rings. The average Bonchev–Trinajstić information content (AvgIpc) is 3.00. The molecule has 0 unspecified atom stereocenters.